The van der Waals surface area contributed by atoms with E-state index in [4.69, 9.17) is 5.11 Å². The van der Waals surface area contributed by atoms with Gasteiger partial charge in [-0.25, -0.2) is 0 Å². The first-order valence-electron chi connectivity index (χ1n) is 4.84. The van der Waals surface area contributed by atoms with Crippen LogP contribution in [-0.2, 0) is 4.79 Å². The third-order valence-corrected chi connectivity index (χ3v) is 3.25. The fourth-order valence-electron chi connectivity index (χ4n) is 2.08. The fraction of sp³-hybridized carbons (Fsp3) is 0.889. The molecule has 1 saturated heterocycles. The van der Waals surface area contributed by atoms with Crippen LogP contribution in [0.25, 0.3) is 0 Å². The van der Waals surface area contributed by atoms with Crippen LogP contribution in [0.5, 0.6) is 0 Å². The topological polar surface area (TPSA) is 52.6 Å². The molecule has 4 heteroatoms. The Bertz CT molecular complexity index is 228. The number of rotatable bonds is 3. The molecular weight excluding hydrogens is 168 g/mol. The summed E-state index contributed by atoms with van der Waals surface area (Å²) in [5, 5.41) is 12.0. The predicted octanol–water partition coefficient (Wildman–Crippen LogP) is -0.103. The molecule has 1 unspecified atom stereocenters. The molecule has 2 rings (SSSR count). The number of likely N-dealkylation sites (tertiary alicyclic amines) is 1. The Labute approximate surface area is 77.9 Å². The summed E-state index contributed by atoms with van der Waals surface area (Å²) >= 11 is 0. The molecule has 0 amide bonds. The summed E-state index contributed by atoms with van der Waals surface area (Å²) in [6.07, 6.45) is 3.23. The zero-order chi connectivity index (χ0) is 9.47. The highest BCUT2D eigenvalue weighted by Crippen LogP contribution is 2.33. The minimum Gasteiger partial charge on any atom is -0.480 e. The van der Waals surface area contributed by atoms with Crippen LogP contribution in [0.2, 0.25) is 0 Å². The molecule has 1 aliphatic heterocycles. The van der Waals surface area contributed by atoms with Gasteiger partial charge in [0.25, 0.3) is 0 Å². The largest absolute Gasteiger partial charge is 0.480 e. The van der Waals surface area contributed by atoms with Crippen molar-refractivity contribution < 1.29 is 9.90 Å². The highest BCUT2D eigenvalue weighted by molar-refractivity contribution is 5.79. The van der Waals surface area contributed by atoms with Gasteiger partial charge in [0.05, 0.1) is 0 Å². The zero-order valence-electron chi connectivity index (χ0n) is 7.92. The van der Waals surface area contributed by atoms with Crippen LogP contribution in [0.1, 0.15) is 19.3 Å². The number of nitrogens with zero attached hydrogens (tertiary/aromatic N) is 1. The Hall–Kier alpha value is -0.610. The molecule has 1 aliphatic carbocycles. The van der Waals surface area contributed by atoms with Crippen molar-refractivity contribution >= 4 is 5.97 Å². The van der Waals surface area contributed by atoms with Gasteiger partial charge in [0, 0.05) is 19.1 Å². The molecule has 1 heterocycles. The molecule has 2 N–H and O–H groups in total. The Kier molecular flexibility index (Phi) is 2.04. The van der Waals surface area contributed by atoms with Crippen LogP contribution in [0.4, 0.5) is 0 Å². The normalized spacial score (nSPS) is 35.2. The van der Waals surface area contributed by atoms with E-state index in [9.17, 15) is 4.79 Å². The van der Waals surface area contributed by atoms with Gasteiger partial charge in [-0.2, -0.15) is 0 Å². The Balaban J connectivity index is 2.03. The minimum absolute atomic E-state index is 0.670. The molecule has 0 radical (unpaired) electrons. The lowest BCUT2D eigenvalue weighted by molar-refractivity contribution is -0.144. The molecule has 13 heavy (non-hydrogen) atoms. The summed E-state index contributed by atoms with van der Waals surface area (Å²) in [4.78, 5) is 13.4. The lowest BCUT2D eigenvalue weighted by Gasteiger charge is -2.23. The maximum atomic E-state index is 11.1. The molecule has 2 aliphatic rings. The number of hydrogen-bond acceptors (Lipinski definition) is 3. The van der Waals surface area contributed by atoms with Crippen molar-refractivity contribution in [2.45, 2.75) is 30.8 Å². The lowest BCUT2D eigenvalue weighted by Crippen LogP contribution is -2.52. The summed E-state index contributed by atoms with van der Waals surface area (Å²) in [6, 6.07) is 0.676. The van der Waals surface area contributed by atoms with Gasteiger partial charge in [-0.05, 0) is 26.3 Å². The van der Waals surface area contributed by atoms with Crippen molar-refractivity contribution in [2.75, 3.05) is 20.1 Å². The lowest BCUT2D eigenvalue weighted by atomic mass is 10.00. The van der Waals surface area contributed by atoms with Crippen molar-refractivity contribution in [1.82, 2.24) is 10.2 Å². The monoisotopic (exact) mass is 184 g/mol. The summed E-state index contributed by atoms with van der Waals surface area (Å²) < 4.78 is 0. The number of carboxylic acid groups (broad SMARTS) is 1. The van der Waals surface area contributed by atoms with Gasteiger partial charge in [-0.3, -0.25) is 9.69 Å². The molecule has 0 aromatic rings. The van der Waals surface area contributed by atoms with E-state index in [0.29, 0.717) is 12.6 Å². The average molecular weight is 184 g/mol. The van der Waals surface area contributed by atoms with Crippen molar-refractivity contribution in [1.29, 1.82) is 0 Å². The molecule has 1 saturated carbocycles. The summed E-state index contributed by atoms with van der Waals surface area (Å²) in [7, 11) is 1.74. The maximum Gasteiger partial charge on any atom is 0.325 e. The zero-order valence-corrected chi connectivity index (χ0v) is 7.92. The van der Waals surface area contributed by atoms with Gasteiger partial charge >= 0.3 is 5.97 Å². The van der Waals surface area contributed by atoms with Gasteiger partial charge < -0.3 is 10.4 Å². The third kappa shape index (κ3) is 1.44. The predicted molar refractivity (Wildman–Crippen MR) is 48.6 cm³/mol. The van der Waals surface area contributed by atoms with E-state index < -0.39 is 11.5 Å². The summed E-state index contributed by atoms with van der Waals surface area (Å²) in [5.41, 5.74) is -0.678. The standard InChI is InChI=1S/C9H16N2O2/c1-10-9(8(12)13)4-5-11(6-9)7-2-3-7/h7,10H,2-6H2,1H3,(H,12,13). The highest BCUT2D eigenvalue weighted by Gasteiger charge is 2.47. The summed E-state index contributed by atoms with van der Waals surface area (Å²) in [6.45, 7) is 1.60. The number of nitrogens with one attached hydrogen (secondary N) is 1. The second-order valence-electron chi connectivity index (χ2n) is 4.09. The first-order valence-corrected chi connectivity index (χ1v) is 4.84. The fourth-order valence-corrected chi connectivity index (χ4v) is 2.08. The number of aliphatic carboxylic acids is 1. The maximum absolute atomic E-state index is 11.1. The first-order chi connectivity index (χ1) is 6.18. The van der Waals surface area contributed by atoms with Crippen molar-refractivity contribution in [2.24, 2.45) is 0 Å². The quantitative estimate of drug-likeness (QED) is 0.643. The third-order valence-electron chi connectivity index (χ3n) is 3.25. The molecule has 0 spiro atoms. The van der Waals surface area contributed by atoms with Crippen LogP contribution >= 0.6 is 0 Å². The van der Waals surface area contributed by atoms with E-state index >= 15 is 0 Å². The number of hydrogen-bond donors (Lipinski definition) is 2. The summed E-state index contributed by atoms with van der Waals surface area (Å²) in [5.74, 6) is -0.710. The highest BCUT2D eigenvalue weighted by atomic mass is 16.4. The molecule has 1 atom stereocenters. The van der Waals surface area contributed by atoms with E-state index in [2.05, 4.69) is 10.2 Å². The molecule has 0 aromatic heterocycles. The van der Waals surface area contributed by atoms with Gasteiger partial charge in [0.15, 0.2) is 0 Å². The molecule has 0 aromatic carbocycles. The van der Waals surface area contributed by atoms with E-state index in [0.717, 1.165) is 13.0 Å². The number of carbonyl (C=O) groups is 1. The van der Waals surface area contributed by atoms with E-state index in [1.165, 1.54) is 12.8 Å². The van der Waals surface area contributed by atoms with Crippen LogP contribution in [0.3, 0.4) is 0 Å². The van der Waals surface area contributed by atoms with E-state index in [-0.39, 0.29) is 0 Å². The van der Waals surface area contributed by atoms with E-state index in [1.54, 1.807) is 7.05 Å². The van der Waals surface area contributed by atoms with Gasteiger partial charge in [0.1, 0.15) is 5.54 Å². The van der Waals surface area contributed by atoms with Gasteiger partial charge in [-0.15, -0.1) is 0 Å². The minimum atomic E-state index is -0.710. The molecule has 4 nitrogen and oxygen atoms in total. The van der Waals surface area contributed by atoms with Crippen LogP contribution in [0, 0.1) is 0 Å². The Morgan fingerprint density at radius 3 is 2.69 bits per heavy atom. The molecule has 2 fully saturated rings. The van der Waals surface area contributed by atoms with Crippen LogP contribution in [-0.4, -0.2) is 47.7 Å². The van der Waals surface area contributed by atoms with Crippen LogP contribution < -0.4 is 5.32 Å². The van der Waals surface area contributed by atoms with Gasteiger partial charge in [0.2, 0.25) is 0 Å². The smallest absolute Gasteiger partial charge is 0.325 e. The Morgan fingerprint density at radius 2 is 2.31 bits per heavy atom. The van der Waals surface area contributed by atoms with Crippen molar-refractivity contribution in [3.8, 4) is 0 Å². The molecule has 0 bridgehead atoms. The van der Waals surface area contributed by atoms with E-state index in [1.807, 2.05) is 0 Å². The van der Waals surface area contributed by atoms with Crippen molar-refractivity contribution in [3.63, 3.8) is 0 Å². The second-order valence-corrected chi connectivity index (χ2v) is 4.09. The molecular formula is C9H16N2O2. The number of likely N-dealkylation sites (N-methyl/N-ethyl adjacent to an activating group) is 1. The Morgan fingerprint density at radius 1 is 1.62 bits per heavy atom. The van der Waals surface area contributed by atoms with Gasteiger partial charge in [-0.1, -0.05) is 0 Å². The average Bonchev–Trinajstić information content (AvgIpc) is 2.85. The SMILES string of the molecule is CNC1(C(=O)O)CCN(C2CC2)C1. The van der Waals surface area contributed by atoms with Crippen LogP contribution in [0.15, 0.2) is 0 Å². The molecule has 74 valence electrons. The second kappa shape index (κ2) is 2.96. The first kappa shape index (κ1) is 8.97. The van der Waals surface area contributed by atoms with Crippen molar-refractivity contribution in [3.05, 3.63) is 0 Å². The number of carboxylic acids is 1.